The molecule has 1 amide bonds. The molecule has 6 nitrogen and oxygen atoms in total. The van der Waals surface area contributed by atoms with Crippen LogP contribution >= 0.6 is 0 Å². The Labute approximate surface area is 167 Å². The second-order valence-electron chi connectivity index (χ2n) is 7.03. The van der Waals surface area contributed by atoms with Crippen LogP contribution in [0.25, 0.3) is 6.08 Å². The van der Waals surface area contributed by atoms with Gasteiger partial charge in [-0.25, -0.2) is 4.79 Å². The van der Waals surface area contributed by atoms with Gasteiger partial charge >= 0.3 is 5.97 Å². The second-order valence-corrected chi connectivity index (χ2v) is 7.03. The molecule has 1 aliphatic rings. The molecular weight excluding hydrogens is 358 g/mol. The lowest BCUT2D eigenvalue weighted by Gasteiger charge is -2.19. The summed E-state index contributed by atoms with van der Waals surface area (Å²) in [6, 6.07) is 5.60. The van der Waals surface area contributed by atoms with Crippen LogP contribution < -0.4 is 14.8 Å². The maximum absolute atomic E-state index is 12.3. The van der Waals surface area contributed by atoms with E-state index in [-0.39, 0.29) is 18.6 Å². The SMILES string of the molecule is C/C=C/c1ccc(OCC(=O)O[C@H](C)C(=O)NC2CCCCCC2)c(OC)c1. The predicted molar refractivity (Wildman–Crippen MR) is 108 cm³/mol. The molecule has 154 valence electrons. The molecule has 0 spiro atoms. The van der Waals surface area contributed by atoms with Crippen LogP contribution in [-0.4, -0.2) is 37.7 Å². The average molecular weight is 389 g/mol. The number of rotatable bonds is 8. The molecule has 2 rings (SSSR count). The lowest BCUT2D eigenvalue weighted by molar-refractivity contribution is -0.156. The summed E-state index contributed by atoms with van der Waals surface area (Å²) < 4.78 is 16.0. The molecule has 1 saturated carbocycles. The number of benzene rings is 1. The van der Waals surface area contributed by atoms with Crippen molar-refractivity contribution in [2.45, 2.75) is 64.5 Å². The summed E-state index contributed by atoms with van der Waals surface area (Å²) in [5.41, 5.74) is 0.970. The smallest absolute Gasteiger partial charge is 0.344 e. The van der Waals surface area contributed by atoms with E-state index in [0.29, 0.717) is 11.5 Å². The maximum Gasteiger partial charge on any atom is 0.344 e. The van der Waals surface area contributed by atoms with Gasteiger partial charge in [0.2, 0.25) is 0 Å². The van der Waals surface area contributed by atoms with E-state index in [1.165, 1.54) is 12.8 Å². The van der Waals surface area contributed by atoms with Crippen molar-refractivity contribution >= 4 is 18.0 Å². The summed E-state index contributed by atoms with van der Waals surface area (Å²) in [4.78, 5) is 24.3. The van der Waals surface area contributed by atoms with Crippen LogP contribution in [-0.2, 0) is 14.3 Å². The molecule has 1 aliphatic carbocycles. The quantitative estimate of drug-likeness (QED) is 0.540. The van der Waals surface area contributed by atoms with Crippen molar-refractivity contribution in [2.75, 3.05) is 13.7 Å². The predicted octanol–water partition coefficient (Wildman–Crippen LogP) is 3.88. The molecule has 1 aromatic rings. The van der Waals surface area contributed by atoms with E-state index in [1.807, 2.05) is 31.2 Å². The van der Waals surface area contributed by atoms with Crippen molar-refractivity contribution in [2.24, 2.45) is 0 Å². The van der Waals surface area contributed by atoms with Gasteiger partial charge in [-0.3, -0.25) is 4.79 Å². The fourth-order valence-corrected chi connectivity index (χ4v) is 3.26. The van der Waals surface area contributed by atoms with Crippen LogP contribution in [0.5, 0.6) is 11.5 Å². The van der Waals surface area contributed by atoms with Crippen molar-refractivity contribution < 1.29 is 23.8 Å². The first-order chi connectivity index (χ1) is 13.5. The fraction of sp³-hybridized carbons (Fsp3) is 0.545. The average Bonchev–Trinajstić information content (AvgIpc) is 2.95. The molecule has 0 saturated heterocycles. The van der Waals surface area contributed by atoms with Crippen molar-refractivity contribution in [1.29, 1.82) is 0 Å². The summed E-state index contributed by atoms with van der Waals surface area (Å²) in [5.74, 6) is 0.127. The number of carbonyl (C=O) groups is 2. The highest BCUT2D eigenvalue weighted by Gasteiger charge is 2.22. The lowest BCUT2D eigenvalue weighted by Crippen LogP contribution is -2.42. The molecule has 0 aromatic heterocycles. The molecule has 28 heavy (non-hydrogen) atoms. The van der Waals surface area contributed by atoms with E-state index < -0.39 is 12.1 Å². The standard InChI is InChI=1S/C22H31NO5/c1-4-9-17-12-13-19(20(14-17)26-3)27-15-21(24)28-16(2)22(25)23-18-10-7-5-6-8-11-18/h4,9,12-14,16,18H,5-8,10-11,15H2,1-3H3,(H,23,25)/b9-4+/t16-/m1/s1. The molecule has 0 radical (unpaired) electrons. The van der Waals surface area contributed by atoms with E-state index in [2.05, 4.69) is 5.32 Å². The van der Waals surface area contributed by atoms with Gasteiger partial charge in [-0.15, -0.1) is 0 Å². The highest BCUT2D eigenvalue weighted by molar-refractivity contribution is 5.83. The Hall–Kier alpha value is -2.50. The second kappa shape index (κ2) is 11.4. The van der Waals surface area contributed by atoms with E-state index in [4.69, 9.17) is 14.2 Å². The zero-order valence-corrected chi connectivity index (χ0v) is 17.0. The Morgan fingerprint density at radius 3 is 2.54 bits per heavy atom. The number of ether oxygens (including phenoxy) is 3. The summed E-state index contributed by atoms with van der Waals surface area (Å²) in [7, 11) is 1.54. The monoisotopic (exact) mass is 389 g/mol. The minimum Gasteiger partial charge on any atom is -0.493 e. The Morgan fingerprint density at radius 2 is 1.89 bits per heavy atom. The van der Waals surface area contributed by atoms with Crippen LogP contribution in [0.4, 0.5) is 0 Å². The molecule has 1 N–H and O–H groups in total. The van der Waals surface area contributed by atoms with E-state index in [0.717, 1.165) is 31.2 Å². The summed E-state index contributed by atoms with van der Waals surface area (Å²) in [6.45, 7) is 3.22. The zero-order valence-electron chi connectivity index (χ0n) is 17.0. The van der Waals surface area contributed by atoms with Gasteiger partial charge in [-0.05, 0) is 44.4 Å². The molecular formula is C22H31NO5. The van der Waals surface area contributed by atoms with Crippen LogP contribution in [0, 0.1) is 0 Å². The number of amides is 1. The van der Waals surface area contributed by atoms with Crippen LogP contribution in [0.2, 0.25) is 0 Å². The van der Waals surface area contributed by atoms with Crippen LogP contribution in [0.3, 0.4) is 0 Å². The van der Waals surface area contributed by atoms with Crippen molar-refractivity contribution in [3.05, 3.63) is 29.8 Å². The summed E-state index contributed by atoms with van der Waals surface area (Å²) >= 11 is 0. The number of esters is 1. The van der Waals surface area contributed by atoms with Crippen molar-refractivity contribution in [3.8, 4) is 11.5 Å². The van der Waals surface area contributed by atoms with Gasteiger partial charge in [0.25, 0.3) is 5.91 Å². The van der Waals surface area contributed by atoms with E-state index in [1.54, 1.807) is 20.1 Å². The molecule has 1 atom stereocenters. The van der Waals surface area contributed by atoms with Gasteiger partial charge in [0.1, 0.15) is 0 Å². The van der Waals surface area contributed by atoms with E-state index >= 15 is 0 Å². The van der Waals surface area contributed by atoms with Crippen LogP contribution in [0.1, 0.15) is 57.9 Å². The Morgan fingerprint density at radius 1 is 1.18 bits per heavy atom. The molecule has 0 aliphatic heterocycles. The largest absolute Gasteiger partial charge is 0.493 e. The number of methoxy groups -OCH3 is 1. The third kappa shape index (κ3) is 6.91. The maximum atomic E-state index is 12.3. The van der Waals surface area contributed by atoms with Crippen LogP contribution in [0.15, 0.2) is 24.3 Å². The first kappa shape index (κ1) is 21.8. The first-order valence-corrected chi connectivity index (χ1v) is 9.97. The third-order valence-electron chi connectivity index (χ3n) is 4.77. The zero-order chi connectivity index (χ0) is 20.4. The fourth-order valence-electron chi connectivity index (χ4n) is 3.26. The highest BCUT2D eigenvalue weighted by atomic mass is 16.6. The minimum atomic E-state index is -0.849. The van der Waals surface area contributed by atoms with E-state index in [9.17, 15) is 9.59 Å². The molecule has 0 bridgehead atoms. The van der Waals surface area contributed by atoms with Crippen molar-refractivity contribution in [3.63, 3.8) is 0 Å². The number of allylic oxidation sites excluding steroid dienone is 1. The minimum absolute atomic E-state index is 0.173. The Balaban J connectivity index is 1.81. The van der Waals surface area contributed by atoms with Gasteiger partial charge in [0.05, 0.1) is 7.11 Å². The number of nitrogens with one attached hydrogen (secondary N) is 1. The van der Waals surface area contributed by atoms with Gasteiger partial charge in [-0.2, -0.15) is 0 Å². The normalized spacial score (nSPS) is 16.2. The Kier molecular flexibility index (Phi) is 8.85. The highest BCUT2D eigenvalue weighted by Crippen LogP contribution is 2.28. The summed E-state index contributed by atoms with van der Waals surface area (Å²) in [6.07, 6.45) is 9.67. The molecule has 0 unspecified atom stereocenters. The molecule has 6 heteroatoms. The van der Waals surface area contributed by atoms with Gasteiger partial charge in [-0.1, -0.05) is 43.9 Å². The molecule has 1 fully saturated rings. The topological polar surface area (TPSA) is 73.9 Å². The first-order valence-electron chi connectivity index (χ1n) is 9.97. The van der Waals surface area contributed by atoms with Crippen molar-refractivity contribution in [1.82, 2.24) is 5.32 Å². The number of hydrogen-bond donors (Lipinski definition) is 1. The van der Waals surface area contributed by atoms with Gasteiger partial charge < -0.3 is 19.5 Å². The number of carbonyl (C=O) groups excluding carboxylic acids is 2. The third-order valence-corrected chi connectivity index (χ3v) is 4.77. The number of hydrogen-bond acceptors (Lipinski definition) is 5. The summed E-state index contributed by atoms with van der Waals surface area (Å²) in [5, 5.41) is 2.99. The van der Waals surface area contributed by atoms with Gasteiger partial charge in [0, 0.05) is 6.04 Å². The lowest BCUT2D eigenvalue weighted by atomic mass is 10.1. The molecule has 1 aromatic carbocycles. The Bertz CT molecular complexity index is 678. The van der Waals surface area contributed by atoms with Gasteiger partial charge in [0.15, 0.2) is 24.2 Å². The molecule has 0 heterocycles.